The summed E-state index contributed by atoms with van der Waals surface area (Å²) in [6.07, 6.45) is 0. The Morgan fingerprint density at radius 1 is 1.35 bits per heavy atom. The number of carbonyl (C=O) groups is 1. The molecular weight excluding hydrogens is 262 g/mol. The highest BCUT2D eigenvalue weighted by Gasteiger charge is 2.13. The maximum atomic E-state index is 10.7. The zero-order valence-corrected chi connectivity index (χ0v) is 11.3. The molecule has 0 atom stereocenters. The molecule has 0 fully saturated rings. The molecule has 0 spiro atoms. The van der Waals surface area contributed by atoms with Crippen molar-refractivity contribution < 1.29 is 14.3 Å². The quantitative estimate of drug-likeness (QED) is 0.727. The summed E-state index contributed by atoms with van der Waals surface area (Å²) in [7, 11) is 3.11. The fourth-order valence-corrected chi connectivity index (χ4v) is 2.00. The Kier molecular flexibility index (Phi) is 3.83. The van der Waals surface area contributed by atoms with E-state index in [4.69, 9.17) is 20.9 Å². The summed E-state index contributed by atoms with van der Waals surface area (Å²) >= 11 is 0. The van der Waals surface area contributed by atoms with Gasteiger partial charge in [0, 0.05) is 25.2 Å². The molecule has 1 aromatic heterocycles. The maximum Gasteiger partial charge on any atom is 0.312 e. The van der Waals surface area contributed by atoms with Gasteiger partial charge in [0.05, 0.1) is 25.3 Å². The molecule has 0 aliphatic heterocycles. The van der Waals surface area contributed by atoms with Crippen molar-refractivity contribution in [1.29, 1.82) is 0 Å². The lowest BCUT2D eigenvalue weighted by Gasteiger charge is -2.09. The number of aromatic nitrogens is 2. The molecule has 2 amide bonds. The number of amides is 2. The van der Waals surface area contributed by atoms with Crippen LogP contribution in [0.1, 0.15) is 0 Å². The molecule has 8 heteroatoms. The summed E-state index contributed by atoms with van der Waals surface area (Å²) in [5.74, 6) is 1.52. The van der Waals surface area contributed by atoms with Crippen LogP contribution in [0.2, 0.25) is 0 Å². The standard InChI is InChI=1S/C12H17N5O3/c1-19-9-5-7-8(6-10(9)20-2)17(11(13)16-7)4-3-15-12(14)18/h5-6H,3-4H2,1-2H3,(H2,13,16)(H3,14,15,18). The van der Waals surface area contributed by atoms with Crippen LogP contribution < -0.4 is 26.3 Å². The van der Waals surface area contributed by atoms with Crippen molar-refractivity contribution in [3.63, 3.8) is 0 Å². The Morgan fingerprint density at radius 2 is 2.00 bits per heavy atom. The van der Waals surface area contributed by atoms with Crippen LogP contribution in [-0.4, -0.2) is 36.3 Å². The van der Waals surface area contributed by atoms with Crippen molar-refractivity contribution in [2.45, 2.75) is 6.54 Å². The highest BCUT2D eigenvalue weighted by atomic mass is 16.5. The van der Waals surface area contributed by atoms with Crippen LogP contribution in [0.4, 0.5) is 10.7 Å². The number of anilines is 1. The average molecular weight is 279 g/mol. The lowest BCUT2D eigenvalue weighted by Crippen LogP contribution is -2.32. The molecule has 0 saturated heterocycles. The predicted octanol–water partition coefficient (Wildman–Crippen LogP) is 0.304. The first-order chi connectivity index (χ1) is 9.56. The number of benzene rings is 1. The molecule has 0 bridgehead atoms. The van der Waals surface area contributed by atoms with Gasteiger partial charge < -0.3 is 30.8 Å². The molecule has 5 N–H and O–H groups in total. The van der Waals surface area contributed by atoms with Crippen LogP contribution in [0.3, 0.4) is 0 Å². The maximum absolute atomic E-state index is 10.7. The van der Waals surface area contributed by atoms with Gasteiger partial charge in [0.25, 0.3) is 0 Å². The number of nitrogen functional groups attached to an aromatic ring is 1. The number of nitrogens with zero attached hydrogens (tertiary/aromatic N) is 2. The largest absolute Gasteiger partial charge is 0.493 e. The highest BCUT2D eigenvalue weighted by Crippen LogP contribution is 2.32. The molecule has 108 valence electrons. The Morgan fingerprint density at radius 3 is 2.60 bits per heavy atom. The van der Waals surface area contributed by atoms with Crippen LogP contribution in [0.15, 0.2) is 12.1 Å². The zero-order chi connectivity index (χ0) is 14.7. The molecule has 0 unspecified atom stereocenters. The molecule has 1 heterocycles. The minimum absolute atomic E-state index is 0.349. The van der Waals surface area contributed by atoms with Gasteiger partial charge in [-0.1, -0.05) is 0 Å². The molecule has 0 aliphatic rings. The minimum atomic E-state index is -0.577. The van der Waals surface area contributed by atoms with Crippen molar-refractivity contribution in [2.24, 2.45) is 5.73 Å². The number of hydrogen-bond acceptors (Lipinski definition) is 5. The lowest BCUT2D eigenvalue weighted by atomic mass is 10.2. The fourth-order valence-electron chi connectivity index (χ4n) is 2.00. The zero-order valence-electron chi connectivity index (χ0n) is 11.3. The van der Waals surface area contributed by atoms with Gasteiger partial charge >= 0.3 is 6.03 Å². The van der Waals surface area contributed by atoms with Crippen molar-refractivity contribution in [3.8, 4) is 11.5 Å². The second-order valence-corrected chi connectivity index (χ2v) is 4.11. The number of primary amides is 1. The fraction of sp³-hybridized carbons (Fsp3) is 0.333. The lowest BCUT2D eigenvalue weighted by molar-refractivity contribution is 0.248. The van der Waals surface area contributed by atoms with Crippen molar-refractivity contribution in [3.05, 3.63) is 12.1 Å². The highest BCUT2D eigenvalue weighted by molar-refractivity contribution is 5.82. The van der Waals surface area contributed by atoms with Gasteiger partial charge in [-0.25, -0.2) is 9.78 Å². The number of methoxy groups -OCH3 is 2. The second kappa shape index (κ2) is 5.55. The summed E-state index contributed by atoms with van der Waals surface area (Å²) in [5.41, 5.74) is 12.4. The SMILES string of the molecule is COc1cc2nc(N)n(CCNC(N)=O)c2cc1OC. The second-order valence-electron chi connectivity index (χ2n) is 4.11. The molecule has 20 heavy (non-hydrogen) atoms. The molecule has 1 aromatic carbocycles. The summed E-state index contributed by atoms with van der Waals surface area (Å²) in [4.78, 5) is 14.9. The first-order valence-corrected chi connectivity index (χ1v) is 5.98. The summed E-state index contributed by atoms with van der Waals surface area (Å²) < 4.78 is 12.2. The van der Waals surface area contributed by atoms with Crippen molar-refractivity contribution >= 4 is 23.0 Å². The number of nitrogens with one attached hydrogen (secondary N) is 1. The Labute approximate surface area is 115 Å². The molecule has 0 radical (unpaired) electrons. The molecule has 0 saturated carbocycles. The molecule has 0 aliphatic carbocycles. The third-order valence-corrected chi connectivity index (χ3v) is 2.92. The van der Waals surface area contributed by atoms with Gasteiger partial charge in [0.1, 0.15) is 0 Å². The van der Waals surface area contributed by atoms with E-state index in [1.54, 1.807) is 30.9 Å². The molecular formula is C12H17N5O3. The van der Waals surface area contributed by atoms with Crippen molar-refractivity contribution in [2.75, 3.05) is 26.5 Å². The van der Waals surface area contributed by atoms with E-state index in [9.17, 15) is 4.79 Å². The smallest absolute Gasteiger partial charge is 0.312 e. The first-order valence-electron chi connectivity index (χ1n) is 5.98. The van der Waals surface area contributed by atoms with Crippen LogP contribution in [0.5, 0.6) is 11.5 Å². The molecule has 8 nitrogen and oxygen atoms in total. The number of hydrogen-bond donors (Lipinski definition) is 3. The third kappa shape index (κ3) is 2.53. The number of carbonyl (C=O) groups excluding carboxylic acids is 1. The number of nitrogens with two attached hydrogens (primary N) is 2. The van der Waals surface area contributed by atoms with Crippen LogP contribution in [-0.2, 0) is 6.54 Å². The number of urea groups is 1. The number of rotatable bonds is 5. The van der Waals surface area contributed by atoms with Gasteiger partial charge in [0.2, 0.25) is 5.95 Å². The van der Waals surface area contributed by atoms with Crippen LogP contribution in [0, 0.1) is 0 Å². The minimum Gasteiger partial charge on any atom is -0.493 e. The van der Waals surface area contributed by atoms with Gasteiger partial charge in [-0.15, -0.1) is 0 Å². The summed E-state index contributed by atoms with van der Waals surface area (Å²) in [6, 6.07) is 2.97. The number of ether oxygens (including phenoxy) is 2. The topological polar surface area (TPSA) is 117 Å². The van der Waals surface area contributed by atoms with Gasteiger partial charge in [-0.2, -0.15) is 0 Å². The third-order valence-electron chi connectivity index (χ3n) is 2.92. The van der Waals surface area contributed by atoms with E-state index in [0.717, 1.165) is 5.52 Å². The molecule has 2 aromatic rings. The van der Waals surface area contributed by atoms with E-state index in [0.29, 0.717) is 36.1 Å². The first kappa shape index (κ1) is 13.8. The van der Waals surface area contributed by atoms with Gasteiger partial charge in [0.15, 0.2) is 11.5 Å². The number of fused-ring (bicyclic) bond motifs is 1. The van der Waals surface area contributed by atoms with Crippen LogP contribution in [0.25, 0.3) is 11.0 Å². The Balaban J connectivity index is 2.38. The summed E-state index contributed by atoms with van der Waals surface area (Å²) in [6.45, 7) is 0.820. The molecule has 2 rings (SSSR count). The normalized spacial score (nSPS) is 10.5. The predicted molar refractivity (Wildman–Crippen MR) is 74.8 cm³/mol. The van der Waals surface area contributed by atoms with E-state index in [1.807, 2.05) is 0 Å². The van der Waals surface area contributed by atoms with Crippen LogP contribution >= 0.6 is 0 Å². The van der Waals surface area contributed by atoms with Crippen molar-refractivity contribution in [1.82, 2.24) is 14.9 Å². The van der Waals surface area contributed by atoms with E-state index in [2.05, 4.69) is 10.3 Å². The number of imidazole rings is 1. The van der Waals surface area contributed by atoms with E-state index < -0.39 is 6.03 Å². The Bertz CT molecular complexity index is 638. The van der Waals surface area contributed by atoms with Gasteiger partial charge in [-0.3, -0.25) is 0 Å². The summed E-state index contributed by atoms with van der Waals surface area (Å²) in [5, 5.41) is 2.51. The van der Waals surface area contributed by atoms with E-state index in [1.165, 1.54) is 0 Å². The monoisotopic (exact) mass is 279 g/mol. The average Bonchev–Trinajstić information content (AvgIpc) is 2.72. The van der Waals surface area contributed by atoms with Gasteiger partial charge in [-0.05, 0) is 0 Å². The van der Waals surface area contributed by atoms with E-state index >= 15 is 0 Å². The van der Waals surface area contributed by atoms with E-state index in [-0.39, 0.29) is 0 Å². The Hall–Kier alpha value is -2.64.